The number of carbonyl (C=O) groups is 1. The summed E-state index contributed by atoms with van der Waals surface area (Å²) in [6.07, 6.45) is -4.03. The van der Waals surface area contributed by atoms with E-state index in [1.807, 2.05) is 0 Å². The number of aryl methyl sites for hydroxylation is 1. The van der Waals surface area contributed by atoms with Gasteiger partial charge < -0.3 is 9.47 Å². The van der Waals surface area contributed by atoms with E-state index >= 15 is 0 Å². The first-order valence-electron chi connectivity index (χ1n) is 7.78. The normalized spacial score (nSPS) is 19.7. The Morgan fingerprint density at radius 3 is 2.83 bits per heavy atom. The molecule has 2 rings (SSSR count). The monoisotopic (exact) mass is 349 g/mol. The second kappa shape index (κ2) is 7.52. The van der Waals surface area contributed by atoms with Crippen molar-refractivity contribution in [2.24, 2.45) is 13.0 Å². The van der Waals surface area contributed by atoms with Gasteiger partial charge in [-0.2, -0.15) is 18.3 Å². The van der Waals surface area contributed by atoms with Gasteiger partial charge in [0.05, 0.1) is 6.61 Å². The zero-order valence-corrected chi connectivity index (χ0v) is 14.0. The van der Waals surface area contributed by atoms with Gasteiger partial charge in [0.1, 0.15) is 18.3 Å². The molecule has 9 heteroatoms. The molecule has 1 unspecified atom stereocenters. The van der Waals surface area contributed by atoms with Gasteiger partial charge in [-0.25, -0.2) is 4.79 Å². The summed E-state index contributed by atoms with van der Waals surface area (Å²) in [6.45, 7) is 6.91. The minimum atomic E-state index is -4.70. The second-order valence-corrected chi connectivity index (χ2v) is 6.31. The molecule has 0 amide bonds. The Balaban J connectivity index is 1.94. The summed E-state index contributed by atoms with van der Waals surface area (Å²) in [5.41, 5.74) is -1.82. The molecule has 1 aromatic rings. The zero-order chi connectivity index (χ0) is 17.9. The Labute approximate surface area is 138 Å². The average Bonchev–Trinajstić information content (AvgIpc) is 2.87. The third kappa shape index (κ3) is 4.94. The molecular weight excluding hydrogens is 327 g/mol. The number of aromatic nitrogens is 2. The summed E-state index contributed by atoms with van der Waals surface area (Å²) in [5, 5.41) is 3.29. The van der Waals surface area contributed by atoms with Crippen LogP contribution in [0.2, 0.25) is 0 Å². The number of ether oxygens (including phenoxy) is 2. The molecular formula is C15H22F3N3O3. The number of hydrogen-bond acceptors (Lipinski definition) is 5. The van der Waals surface area contributed by atoms with Gasteiger partial charge in [-0.05, 0) is 5.92 Å². The number of halogens is 3. The summed E-state index contributed by atoms with van der Waals surface area (Å²) in [7, 11) is 1.32. The Morgan fingerprint density at radius 1 is 1.50 bits per heavy atom. The van der Waals surface area contributed by atoms with E-state index in [-0.39, 0.29) is 12.7 Å². The number of rotatable bonds is 5. The van der Waals surface area contributed by atoms with Gasteiger partial charge in [-0.1, -0.05) is 13.8 Å². The van der Waals surface area contributed by atoms with Crippen molar-refractivity contribution >= 4 is 5.97 Å². The highest BCUT2D eigenvalue weighted by Gasteiger charge is 2.39. The first kappa shape index (κ1) is 18.7. The van der Waals surface area contributed by atoms with E-state index in [1.165, 1.54) is 7.05 Å². The summed E-state index contributed by atoms with van der Waals surface area (Å²) >= 11 is 0. The third-order valence-electron chi connectivity index (χ3n) is 3.56. The van der Waals surface area contributed by atoms with Crippen LogP contribution in [0, 0.1) is 5.92 Å². The smallest absolute Gasteiger partial charge is 0.436 e. The van der Waals surface area contributed by atoms with Crippen molar-refractivity contribution in [3.63, 3.8) is 0 Å². The summed E-state index contributed by atoms with van der Waals surface area (Å²) in [4.78, 5) is 14.2. The predicted octanol–water partition coefficient (Wildman–Crippen LogP) is 1.95. The maximum Gasteiger partial charge on any atom is 0.436 e. The first-order valence-corrected chi connectivity index (χ1v) is 7.78. The lowest BCUT2D eigenvalue weighted by Crippen LogP contribution is -2.45. The molecule has 2 heterocycles. The molecule has 0 spiro atoms. The second-order valence-electron chi connectivity index (χ2n) is 6.31. The average molecular weight is 349 g/mol. The molecule has 0 saturated carbocycles. The van der Waals surface area contributed by atoms with Crippen molar-refractivity contribution in [2.45, 2.75) is 26.1 Å². The molecule has 0 radical (unpaired) electrons. The molecule has 1 fully saturated rings. The molecule has 24 heavy (non-hydrogen) atoms. The van der Waals surface area contributed by atoms with Gasteiger partial charge in [0, 0.05) is 32.9 Å². The topological polar surface area (TPSA) is 56.6 Å². The van der Waals surface area contributed by atoms with Gasteiger partial charge in [0.15, 0.2) is 5.69 Å². The van der Waals surface area contributed by atoms with Gasteiger partial charge >= 0.3 is 12.1 Å². The summed E-state index contributed by atoms with van der Waals surface area (Å²) < 4.78 is 50.1. The maximum atomic E-state index is 12.9. The van der Waals surface area contributed by atoms with E-state index < -0.39 is 23.4 Å². The molecule has 0 N–H and O–H groups in total. The molecule has 1 atom stereocenters. The molecule has 6 nitrogen and oxygen atoms in total. The minimum Gasteiger partial charge on any atom is -0.459 e. The van der Waals surface area contributed by atoms with E-state index in [0.717, 1.165) is 24.0 Å². The minimum absolute atomic E-state index is 0.0837. The van der Waals surface area contributed by atoms with E-state index in [9.17, 15) is 18.0 Å². The molecule has 0 aromatic carbocycles. The van der Waals surface area contributed by atoms with Crippen molar-refractivity contribution in [2.75, 3.05) is 32.8 Å². The fourth-order valence-electron chi connectivity index (χ4n) is 2.66. The van der Waals surface area contributed by atoms with Crippen molar-refractivity contribution in [3.05, 3.63) is 17.5 Å². The summed E-state index contributed by atoms with van der Waals surface area (Å²) in [6, 6.07) is 0. The lowest BCUT2D eigenvalue weighted by molar-refractivity contribution is -0.142. The largest absolute Gasteiger partial charge is 0.459 e. The Kier molecular flexibility index (Phi) is 5.87. The number of esters is 1. The molecule has 1 aromatic heterocycles. The lowest BCUT2D eigenvalue weighted by atomic mass is 10.2. The number of morpholine rings is 1. The van der Waals surface area contributed by atoms with E-state index in [1.54, 1.807) is 0 Å². The number of carbonyl (C=O) groups excluding carboxylic acids is 1. The number of hydrogen-bond donors (Lipinski definition) is 0. The van der Waals surface area contributed by atoms with E-state index in [4.69, 9.17) is 9.47 Å². The summed E-state index contributed by atoms with van der Waals surface area (Å²) in [5.74, 6) is -0.545. The quantitative estimate of drug-likeness (QED) is 0.761. The zero-order valence-electron chi connectivity index (χ0n) is 14.0. The number of nitrogens with zero attached hydrogens (tertiary/aromatic N) is 3. The number of alkyl halides is 3. The van der Waals surface area contributed by atoms with Crippen LogP contribution in [0.25, 0.3) is 0 Å². The van der Waals surface area contributed by atoms with Crippen LogP contribution in [0.15, 0.2) is 6.20 Å². The van der Waals surface area contributed by atoms with Crippen LogP contribution in [-0.4, -0.2) is 59.6 Å². The van der Waals surface area contributed by atoms with E-state index in [2.05, 4.69) is 23.8 Å². The van der Waals surface area contributed by atoms with Crippen molar-refractivity contribution in [1.29, 1.82) is 0 Å². The Bertz CT molecular complexity index is 572. The van der Waals surface area contributed by atoms with Crippen molar-refractivity contribution in [3.8, 4) is 0 Å². The van der Waals surface area contributed by atoms with Crippen LogP contribution in [-0.2, 0) is 22.7 Å². The Morgan fingerprint density at radius 2 is 2.21 bits per heavy atom. The van der Waals surface area contributed by atoms with Gasteiger partial charge in [0.2, 0.25) is 0 Å². The fourth-order valence-corrected chi connectivity index (χ4v) is 2.66. The van der Waals surface area contributed by atoms with Crippen molar-refractivity contribution < 1.29 is 27.4 Å². The predicted molar refractivity (Wildman–Crippen MR) is 79.5 cm³/mol. The highest BCUT2D eigenvalue weighted by atomic mass is 19.4. The van der Waals surface area contributed by atoms with Crippen LogP contribution in [0.3, 0.4) is 0 Å². The molecule has 1 saturated heterocycles. The van der Waals surface area contributed by atoms with Crippen LogP contribution >= 0.6 is 0 Å². The fraction of sp³-hybridized carbons (Fsp3) is 0.733. The van der Waals surface area contributed by atoms with E-state index in [0.29, 0.717) is 19.1 Å². The third-order valence-corrected chi connectivity index (χ3v) is 3.56. The van der Waals surface area contributed by atoms with Crippen LogP contribution in [0.1, 0.15) is 29.9 Å². The molecule has 1 aliphatic heterocycles. The molecule has 0 aliphatic carbocycles. The maximum absolute atomic E-state index is 12.9. The molecule has 136 valence electrons. The Hall–Kier alpha value is -1.61. The standard InChI is InChI=1S/C15H22F3N3O3/c1-10(2)6-21-4-5-23-11(7-21)9-24-14(22)12-8-20(3)19-13(12)15(16,17)18/h8,10-11H,4-7,9H2,1-3H3. The van der Waals surface area contributed by atoms with Gasteiger partial charge in [-0.3, -0.25) is 9.58 Å². The first-order chi connectivity index (χ1) is 11.2. The molecule has 1 aliphatic rings. The highest BCUT2D eigenvalue weighted by molar-refractivity contribution is 5.90. The van der Waals surface area contributed by atoms with Gasteiger partial charge in [0.25, 0.3) is 0 Å². The van der Waals surface area contributed by atoms with Crippen molar-refractivity contribution in [1.82, 2.24) is 14.7 Å². The van der Waals surface area contributed by atoms with Crippen LogP contribution in [0.5, 0.6) is 0 Å². The van der Waals surface area contributed by atoms with Crippen LogP contribution in [0.4, 0.5) is 13.2 Å². The SMILES string of the molecule is CC(C)CN1CCOC(COC(=O)c2cn(C)nc2C(F)(F)F)C1. The van der Waals surface area contributed by atoms with Crippen LogP contribution < -0.4 is 0 Å². The van der Waals surface area contributed by atoms with Gasteiger partial charge in [-0.15, -0.1) is 0 Å². The lowest BCUT2D eigenvalue weighted by Gasteiger charge is -2.33. The molecule has 0 bridgehead atoms. The highest BCUT2D eigenvalue weighted by Crippen LogP contribution is 2.30.